The van der Waals surface area contributed by atoms with Crippen LogP contribution in [0.15, 0.2) is 249 Å². The normalized spacial score (nSPS) is 14.6. The average molecular weight is 908 g/mol. The molecular formula is C66H41N3S. The van der Waals surface area contributed by atoms with E-state index in [-0.39, 0.29) is 0 Å². The number of nitrogens with zero attached hydrogens (tertiary/aromatic N) is 3. The molecule has 13 aromatic rings. The lowest BCUT2D eigenvalue weighted by Gasteiger charge is -2.45. The fraction of sp³-hybridized carbons (Fsp3) is 0.0152. The number of hydrogen-bond donors (Lipinski definition) is 0. The molecule has 1 aliphatic heterocycles. The number of benzene rings is 10. The van der Waals surface area contributed by atoms with Crippen molar-refractivity contribution in [1.29, 1.82) is 0 Å². The molecule has 15 rings (SSSR count). The summed E-state index contributed by atoms with van der Waals surface area (Å²) >= 11 is 1.89. The molecule has 4 heteroatoms. The predicted octanol–water partition coefficient (Wildman–Crippen LogP) is 17.7. The highest BCUT2D eigenvalue weighted by Gasteiger charge is 2.52. The van der Waals surface area contributed by atoms with Crippen LogP contribution < -0.4 is 4.90 Å². The molecule has 0 saturated heterocycles. The van der Waals surface area contributed by atoms with Gasteiger partial charge in [-0.1, -0.05) is 182 Å². The Labute approximate surface area is 409 Å². The first-order chi connectivity index (χ1) is 34.7. The zero-order valence-corrected chi connectivity index (χ0v) is 38.7. The van der Waals surface area contributed by atoms with Crippen LogP contribution in [0, 0.1) is 0 Å². The Morgan fingerprint density at radius 3 is 1.84 bits per heavy atom. The first kappa shape index (κ1) is 39.2. The molecule has 4 heterocycles. The standard InChI is InChI=1S/C66H41N3S/c1-4-18-42(19-5-1)46-39-56(43-20-6-2-7-21-43)67-63(41-46)69-59-30-16-14-28-53(59)66(52-27-13-10-25-49(52)64-55(66)35-37-62-65(64)50-26-12-17-31-61(50)70-62)54-34-32-45(40-60(54)69)44-33-36-58-51(38-44)48-24-11-15-29-57(48)68(58)47-22-8-3-9-23-47/h1-41H. The van der Waals surface area contributed by atoms with Gasteiger partial charge < -0.3 is 4.57 Å². The maximum absolute atomic E-state index is 5.66. The van der Waals surface area contributed by atoms with Gasteiger partial charge in [0.05, 0.1) is 33.5 Å². The van der Waals surface area contributed by atoms with Gasteiger partial charge in [-0.05, 0) is 122 Å². The predicted molar refractivity (Wildman–Crippen MR) is 293 cm³/mol. The number of pyridine rings is 1. The van der Waals surface area contributed by atoms with E-state index in [0.29, 0.717) is 0 Å². The molecule has 0 bridgehead atoms. The smallest absolute Gasteiger partial charge is 0.138 e. The lowest BCUT2D eigenvalue weighted by molar-refractivity contribution is 0.752. The molecule has 1 aliphatic carbocycles. The Kier molecular flexibility index (Phi) is 8.45. The van der Waals surface area contributed by atoms with E-state index in [9.17, 15) is 0 Å². The molecule has 0 amide bonds. The van der Waals surface area contributed by atoms with Crippen molar-refractivity contribution in [3.63, 3.8) is 0 Å². The summed E-state index contributed by atoms with van der Waals surface area (Å²) < 4.78 is 5.02. The third-order valence-electron chi connectivity index (χ3n) is 15.0. The van der Waals surface area contributed by atoms with Crippen LogP contribution in [0.2, 0.25) is 0 Å². The Morgan fingerprint density at radius 2 is 1.00 bits per heavy atom. The van der Waals surface area contributed by atoms with E-state index in [2.05, 4.69) is 258 Å². The van der Waals surface area contributed by atoms with Gasteiger partial charge in [0.2, 0.25) is 0 Å². The zero-order valence-electron chi connectivity index (χ0n) is 37.9. The van der Waals surface area contributed by atoms with Gasteiger partial charge in [0.15, 0.2) is 0 Å². The van der Waals surface area contributed by atoms with E-state index in [0.717, 1.165) is 56.4 Å². The third kappa shape index (κ3) is 5.54. The van der Waals surface area contributed by atoms with Crippen molar-refractivity contribution in [2.24, 2.45) is 0 Å². The molecule has 326 valence electrons. The summed E-state index contributed by atoms with van der Waals surface area (Å²) in [6.07, 6.45) is 0. The van der Waals surface area contributed by atoms with Gasteiger partial charge in [-0.15, -0.1) is 11.3 Å². The molecule has 0 saturated carbocycles. The van der Waals surface area contributed by atoms with Crippen molar-refractivity contribution in [1.82, 2.24) is 9.55 Å². The summed E-state index contributed by atoms with van der Waals surface area (Å²) in [5.74, 6) is 0.869. The number of fused-ring (bicyclic) bond motifs is 16. The van der Waals surface area contributed by atoms with Crippen LogP contribution in [0.25, 0.3) is 92.3 Å². The van der Waals surface area contributed by atoms with Crippen molar-refractivity contribution in [3.8, 4) is 50.3 Å². The molecule has 1 unspecified atom stereocenters. The third-order valence-corrected chi connectivity index (χ3v) is 16.1. The van der Waals surface area contributed by atoms with Crippen molar-refractivity contribution < 1.29 is 0 Å². The van der Waals surface area contributed by atoms with Crippen LogP contribution in [0.3, 0.4) is 0 Å². The van der Waals surface area contributed by atoms with E-state index in [1.807, 2.05) is 11.3 Å². The first-order valence-electron chi connectivity index (χ1n) is 24.0. The minimum atomic E-state index is -0.628. The van der Waals surface area contributed by atoms with Crippen LogP contribution in [0.5, 0.6) is 0 Å². The maximum atomic E-state index is 5.66. The number of thiophene rings is 1. The fourth-order valence-corrected chi connectivity index (χ4v) is 13.2. The lowest BCUT2D eigenvalue weighted by Crippen LogP contribution is -2.36. The van der Waals surface area contributed by atoms with Gasteiger partial charge >= 0.3 is 0 Å². The summed E-state index contributed by atoms with van der Waals surface area (Å²) in [6.45, 7) is 0. The van der Waals surface area contributed by atoms with E-state index in [1.54, 1.807) is 0 Å². The second-order valence-corrected chi connectivity index (χ2v) is 19.7. The Morgan fingerprint density at radius 1 is 0.371 bits per heavy atom. The zero-order chi connectivity index (χ0) is 45.9. The summed E-state index contributed by atoms with van der Waals surface area (Å²) in [4.78, 5) is 8.11. The van der Waals surface area contributed by atoms with Gasteiger partial charge in [0, 0.05) is 42.2 Å². The molecule has 0 fully saturated rings. The molecule has 0 N–H and O–H groups in total. The van der Waals surface area contributed by atoms with E-state index >= 15 is 0 Å². The van der Waals surface area contributed by atoms with Gasteiger partial charge in [0.25, 0.3) is 0 Å². The molecule has 0 radical (unpaired) electrons. The highest BCUT2D eigenvalue weighted by atomic mass is 32.1. The second kappa shape index (κ2) is 15.1. The van der Waals surface area contributed by atoms with Gasteiger partial charge in [-0.3, -0.25) is 4.90 Å². The van der Waals surface area contributed by atoms with Crippen molar-refractivity contribution in [2.75, 3.05) is 4.90 Å². The molecule has 70 heavy (non-hydrogen) atoms. The number of rotatable bonds is 5. The van der Waals surface area contributed by atoms with E-state index in [4.69, 9.17) is 4.98 Å². The summed E-state index contributed by atoms with van der Waals surface area (Å²) in [5.41, 5.74) is 19.4. The maximum Gasteiger partial charge on any atom is 0.138 e. The highest BCUT2D eigenvalue weighted by molar-refractivity contribution is 7.26. The Balaban J connectivity index is 1.04. The van der Waals surface area contributed by atoms with Crippen molar-refractivity contribution >= 4 is 70.5 Å². The molecule has 3 aromatic heterocycles. The summed E-state index contributed by atoms with van der Waals surface area (Å²) in [5, 5.41) is 5.11. The van der Waals surface area contributed by atoms with E-state index < -0.39 is 5.41 Å². The van der Waals surface area contributed by atoms with E-state index in [1.165, 1.54) is 75.4 Å². The van der Waals surface area contributed by atoms with Crippen LogP contribution in [0.4, 0.5) is 17.2 Å². The van der Waals surface area contributed by atoms with Gasteiger partial charge in [-0.2, -0.15) is 0 Å². The van der Waals surface area contributed by atoms with Crippen LogP contribution in [-0.2, 0) is 5.41 Å². The quantitative estimate of drug-likeness (QED) is 0.172. The molecular weight excluding hydrogens is 867 g/mol. The van der Waals surface area contributed by atoms with Crippen molar-refractivity contribution in [3.05, 3.63) is 271 Å². The average Bonchev–Trinajstić information content (AvgIpc) is 4.08. The van der Waals surface area contributed by atoms with Gasteiger partial charge in [0.1, 0.15) is 5.82 Å². The molecule has 1 atom stereocenters. The second-order valence-electron chi connectivity index (χ2n) is 18.6. The first-order valence-corrected chi connectivity index (χ1v) is 24.8. The van der Waals surface area contributed by atoms with Crippen LogP contribution in [-0.4, -0.2) is 9.55 Å². The lowest BCUT2D eigenvalue weighted by atomic mass is 9.64. The minimum Gasteiger partial charge on any atom is -0.309 e. The monoisotopic (exact) mass is 907 g/mol. The SMILES string of the molecule is c1ccc(-c2cc(-c3ccccc3)nc(N3c4ccccc4C4(c5ccccc5-c5c4ccc4sc6ccccc6c54)c4ccc(-c5ccc6c(c5)c5ccccc5n6-c5ccccc5)cc43)c2)cc1. The Hall–Kier alpha value is -8.83. The number of para-hydroxylation sites is 3. The number of aromatic nitrogens is 2. The minimum absolute atomic E-state index is 0.628. The Bertz CT molecular complexity index is 4190. The van der Waals surface area contributed by atoms with Gasteiger partial charge in [-0.25, -0.2) is 4.98 Å². The summed E-state index contributed by atoms with van der Waals surface area (Å²) in [7, 11) is 0. The molecule has 2 aliphatic rings. The number of anilines is 3. The molecule has 10 aromatic carbocycles. The largest absolute Gasteiger partial charge is 0.309 e. The van der Waals surface area contributed by atoms with Crippen molar-refractivity contribution in [2.45, 2.75) is 5.41 Å². The summed E-state index contributed by atoms with van der Waals surface area (Å²) in [6, 6.07) is 91.7. The molecule has 1 spiro atoms. The number of hydrogen-bond acceptors (Lipinski definition) is 3. The fourth-order valence-electron chi connectivity index (χ4n) is 12.1. The highest BCUT2D eigenvalue weighted by Crippen LogP contribution is 2.65. The van der Waals surface area contributed by atoms with Crippen LogP contribution in [0.1, 0.15) is 22.3 Å². The van der Waals surface area contributed by atoms with Crippen LogP contribution >= 0.6 is 11.3 Å². The topological polar surface area (TPSA) is 21.1 Å². The molecule has 3 nitrogen and oxygen atoms in total.